The van der Waals surface area contributed by atoms with E-state index in [1.165, 1.54) is 45.2 Å². The molecule has 0 bridgehead atoms. The van der Waals surface area contributed by atoms with Crippen LogP contribution in [-0.2, 0) is 0 Å². The molecule has 1 saturated heterocycles. The Morgan fingerprint density at radius 3 is 2.59 bits per heavy atom. The summed E-state index contributed by atoms with van der Waals surface area (Å²) in [6.07, 6.45) is 7.02. The average Bonchev–Trinajstić information content (AvgIpc) is 2.53. The third-order valence-corrected chi connectivity index (χ3v) is 4.83. The molecule has 0 aromatic rings. The summed E-state index contributed by atoms with van der Waals surface area (Å²) in [6, 6.07) is 1.62. The summed E-state index contributed by atoms with van der Waals surface area (Å²) in [4.78, 5) is 2.83. The lowest BCUT2D eigenvalue weighted by atomic mass is 9.90. The fourth-order valence-corrected chi connectivity index (χ4v) is 4.22. The summed E-state index contributed by atoms with van der Waals surface area (Å²) >= 11 is 0. The molecule has 0 aromatic carbocycles. The van der Waals surface area contributed by atoms with Gasteiger partial charge in [-0.05, 0) is 50.6 Å². The van der Waals surface area contributed by atoms with Crippen molar-refractivity contribution in [3.05, 3.63) is 0 Å². The normalized spacial score (nSPS) is 38.5. The van der Waals surface area contributed by atoms with Crippen LogP contribution >= 0.6 is 0 Å². The minimum atomic E-state index is 0.561. The minimum absolute atomic E-state index is 0.561. The SMILES string of the molecule is CNCC1CCCCN1C1CC(C)(C)CC1C. The molecule has 3 unspecified atom stereocenters. The Bertz CT molecular complexity index is 247. The second-order valence-electron chi connectivity index (χ2n) is 7.06. The van der Waals surface area contributed by atoms with E-state index < -0.39 is 0 Å². The Kier molecular flexibility index (Phi) is 4.14. The molecule has 2 fully saturated rings. The molecule has 1 saturated carbocycles. The van der Waals surface area contributed by atoms with Gasteiger partial charge >= 0.3 is 0 Å². The molecule has 0 radical (unpaired) electrons. The van der Waals surface area contributed by atoms with Gasteiger partial charge in [0.05, 0.1) is 0 Å². The smallest absolute Gasteiger partial charge is 0.0223 e. The number of hydrogen-bond donors (Lipinski definition) is 1. The van der Waals surface area contributed by atoms with Crippen molar-refractivity contribution < 1.29 is 0 Å². The molecule has 2 rings (SSSR count). The molecule has 17 heavy (non-hydrogen) atoms. The number of likely N-dealkylation sites (N-methyl/N-ethyl adjacent to an activating group) is 1. The highest BCUT2D eigenvalue weighted by Gasteiger charge is 2.41. The quantitative estimate of drug-likeness (QED) is 0.813. The Labute approximate surface area is 107 Å². The van der Waals surface area contributed by atoms with Crippen LogP contribution in [0.4, 0.5) is 0 Å². The molecule has 2 aliphatic rings. The summed E-state index contributed by atoms with van der Waals surface area (Å²) in [5.41, 5.74) is 0.561. The molecule has 2 nitrogen and oxygen atoms in total. The van der Waals surface area contributed by atoms with Gasteiger partial charge in [-0.15, -0.1) is 0 Å². The van der Waals surface area contributed by atoms with Crippen molar-refractivity contribution in [1.82, 2.24) is 10.2 Å². The lowest BCUT2D eigenvalue weighted by Gasteiger charge is -2.42. The van der Waals surface area contributed by atoms with E-state index in [4.69, 9.17) is 0 Å². The molecule has 0 aromatic heterocycles. The summed E-state index contributed by atoms with van der Waals surface area (Å²) in [6.45, 7) is 9.85. The van der Waals surface area contributed by atoms with E-state index in [1.54, 1.807) is 0 Å². The molecule has 0 amide bonds. The second-order valence-corrected chi connectivity index (χ2v) is 7.06. The van der Waals surface area contributed by atoms with Crippen molar-refractivity contribution in [3.63, 3.8) is 0 Å². The van der Waals surface area contributed by atoms with Gasteiger partial charge in [0.25, 0.3) is 0 Å². The average molecular weight is 238 g/mol. The number of nitrogens with one attached hydrogen (secondary N) is 1. The summed E-state index contributed by atoms with van der Waals surface area (Å²) in [5.74, 6) is 0.877. The van der Waals surface area contributed by atoms with Crippen LogP contribution < -0.4 is 5.32 Å². The molecule has 100 valence electrons. The van der Waals surface area contributed by atoms with Gasteiger partial charge in [0.15, 0.2) is 0 Å². The Balaban J connectivity index is 2.03. The van der Waals surface area contributed by atoms with Gasteiger partial charge in [-0.3, -0.25) is 4.90 Å². The number of likely N-dealkylation sites (tertiary alicyclic amines) is 1. The largest absolute Gasteiger partial charge is 0.318 e. The maximum absolute atomic E-state index is 3.38. The van der Waals surface area contributed by atoms with Gasteiger partial charge in [0.2, 0.25) is 0 Å². The number of hydrogen-bond acceptors (Lipinski definition) is 2. The monoisotopic (exact) mass is 238 g/mol. The first-order valence-corrected chi connectivity index (χ1v) is 7.44. The Morgan fingerprint density at radius 2 is 2.00 bits per heavy atom. The molecule has 1 N–H and O–H groups in total. The minimum Gasteiger partial charge on any atom is -0.318 e. The van der Waals surface area contributed by atoms with E-state index in [9.17, 15) is 0 Å². The third-order valence-electron chi connectivity index (χ3n) is 4.83. The van der Waals surface area contributed by atoms with Crippen LogP contribution in [0, 0.1) is 11.3 Å². The Hall–Kier alpha value is -0.0800. The van der Waals surface area contributed by atoms with Crippen LogP contribution in [0.1, 0.15) is 52.9 Å². The predicted octanol–water partition coefficient (Wildman–Crippen LogP) is 2.89. The fourth-order valence-electron chi connectivity index (χ4n) is 4.22. The van der Waals surface area contributed by atoms with Gasteiger partial charge < -0.3 is 5.32 Å². The molecule has 1 aliphatic carbocycles. The van der Waals surface area contributed by atoms with Crippen LogP contribution in [0.25, 0.3) is 0 Å². The molecular weight excluding hydrogens is 208 g/mol. The van der Waals surface area contributed by atoms with Gasteiger partial charge in [-0.25, -0.2) is 0 Å². The van der Waals surface area contributed by atoms with Crippen molar-refractivity contribution in [2.45, 2.75) is 65.0 Å². The van der Waals surface area contributed by atoms with Gasteiger partial charge in [-0.1, -0.05) is 27.2 Å². The first-order valence-electron chi connectivity index (χ1n) is 7.44. The lowest BCUT2D eigenvalue weighted by Crippen LogP contribution is -2.51. The second kappa shape index (κ2) is 5.27. The molecule has 1 heterocycles. The molecule has 1 aliphatic heterocycles. The maximum Gasteiger partial charge on any atom is 0.0223 e. The number of rotatable bonds is 3. The number of piperidine rings is 1. The lowest BCUT2D eigenvalue weighted by molar-refractivity contribution is 0.0746. The summed E-state index contributed by atoms with van der Waals surface area (Å²) in [5, 5.41) is 3.38. The van der Waals surface area contributed by atoms with Crippen LogP contribution in [-0.4, -0.2) is 37.1 Å². The van der Waals surface area contributed by atoms with Crippen LogP contribution in [0.5, 0.6) is 0 Å². The zero-order chi connectivity index (χ0) is 12.5. The highest BCUT2D eigenvalue weighted by Crippen LogP contribution is 2.44. The molecule has 3 atom stereocenters. The fraction of sp³-hybridized carbons (Fsp3) is 1.00. The van der Waals surface area contributed by atoms with Crippen molar-refractivity contribution in [2.75, 3.05) is 20.1 Å². The standard InChI is InChI=1S/C15H30N2/c1-12-9-15(2,3)10-14(12)17-8-6-5-7-13(17)11-16-4/h12-14,16H,5-11H2,1-4H3. The molecular formula is C15H30N2. The van der Waals surface area contributed by atoms with Crippen molar-refractivity contribution in [3.8, 4) is 0 Å². The van der Waals surface area contributed by atoms with Crippen LogP contribution in [0.2, 0.25) is 0 Å². The first-order chi connectivity index (χ1) is 8.03. The highest BCUT2D eigenvalue weighted by molar-refractivity contribution is 4.95. The van der Waals surface area contributed by atoms with E-state index >= 15 is 0 Å². The summed E-state index contributed by atoms with van der Waals surface area (Å²) < 4.78 is 0. The zero-order valence-electron chi connectivity index (χ0n) is 12.1. The van der Waals surface area contributed by atoms with Crippen molar-refractivity contribution >= 4 is 0 Å². The van der Waals surface area contributed by atoms with E-state index in [0.717, 1.165) is 18.0 Å². The van der Waals surface area contributed by atoms with E-state index in [1.807, 2.05) is 0 Å². The third kappa shape index (κ3) is 3.03. The van der Waals surface area contributed by atoms with E-state index in [2.05, 4.69) is 38.0 Å². The first kappa shape index (κ1) is 13.4. The van der Waals surface area contributed by atoms with E-state index in [0.29, 0.717) is 5.41 Å². The van der Waals surface area contributed by atoms with Crippen molar-refractivity contribution in [1.29, 1.82) is 0 Å². The predicted molar refractivity (Wildman–Crippen MR) is 74.2 cm³/mol. The van der Waals surface area contributed by atoms with Gasteiger partial charge in [-0.2, -0.15) is 0 Å². The highest BCUT2D eigenvalue weighted by atomic mass is 15.2. The summed E-state index contributed by atoms with van der Waals surface area (Å²) in [7, 11) is 2.09. The van der Waals surface area contributed by atoms with E-state index in [-0.39, 0.29) is 0 Å². The van der Waals surface area contributed by atoms with Gasteiger partial charge in [0, 0.05) is 18.6 Å². The molecule has 2 heteroatoms. The zero-order valence-corrected chi connectivity index (χ0v) is 12.1. The van der Waals surface area contributed by atoms with Crippen LogP contribution in [0.15, 0.2) is 0 Å². The van der Waals surface area contributed by atoms with Crippen LogP contribution in [0.3, 0.4) is 0 Å². The molecule has 0 spiro atoms. The Morgan fingerprint density at radius 1 is 1.24 bits per heavy atom. The topological polar surface area (TPSA) is 15.3 Å². The van der Waals surface area contributed by atoms with Crippen molar-refractivity contribution in [2.24, 2.45) is 11.3 Å². The van der Waals surface area contributed by atoms with Gasteiger partial charge in [0.1, 0.15) is 0 Å². The number of nitrogens with zero attached hydrogens (tertiary/aromatic N) is 1. The maximum atomic E-state index is 3.38.